The molecule has 2 aromatic heterocycles. The summed E-state index contributed by atoms with van der Waals surface area (Å²) in [5.74, 6) is -0.352. The lowest BCUT2D eigenvalue weighted by atomic mass is 10.2. The maximum Gasteiger partial charge on any atom is 0.326 e. The van der Waals surface area contributed by atoms with Gasteiger partial charge in [-0.1, -0.05) is 0 Å². The van der Waals surface area contributed by atoms with Crippen LogP contribution in [0.5, 0.6) is 0 Å². The number of halogens is 2. The van der Waals surface area contributed by atoms with Gasteiger partial charge >= 0.3 is 5.69 Å². The molecule has 2 heterocycles. The zero-order valence-electron chi connectivity index (χ0n) is 9.78. The highest BCUT2D eigenvalue weighted by Crippen LogP contribution is 2.37. The first-order chi connectivity index (χ1) is 9.15. The minimum Gasteiger partial charge on any atom is -0.304 e. The molecule has 1 aromatic carbocycles. The second-order valence-corrected chi connectivity index (χ2v) is 5.69. The molecule has 0 atom stereocenters. The topological polar surface area (TPSA) is 50.7 Å². The lowest BCUT2D eigenvalue weighted by molar-refractivity contribution is 0.623. The number of imidazole rings is 1. The van der Waals surface area contributed by atoms with Gasteiger partial charge in [0, 0.05) is 17.5 Å². The average Bonchev–Trinajstić information content (AvgIpc) is 3.14. The number of aromatic amines is 1. The average molecular weight is 322 g/mol. The minimum atomic E-state index is -0.352. The highest BCUT2D eigenvalue weighted by atomic mass is 79.9. The molecular weight excluding hydrogens is 313 g/mol. The van der Waals surface area contributed by atoms with E-state index in [1.807, 2.05) is 0 Å². The fourth-order valence-corrected chi connectivity index (χ4v) is 2.83. The van der Waals surface area contributed by atoms with Crippen LogP contribution in [0.3, 0.4) is 0 Å². The van der Waals surface area contributed by atoms with Gasteiger partial charge in [0.05, 0.1) is 27.2 Å². The van der Waals surface area contributed by atoms with Gasteiger partial charge in [0.1, 0.15) is 5.82 Å². The van der Waals surface area contributed by atoms with Gasteiger partial charge in [-0.25, -0.2) is 9.18 Å². The standard InChI is InChI=1S/C13H9BrFN3O/c14-8-3-7-10(4-9(8)15)16-5-11-12(7)18(6-1-2-6)13(19)17-11/h3-6H,1-2H2,(H,17,19). The van der Waals surface area contributed by atoms with Crippen LogP contribution in [0, 0.1) is 5.82 Å². The predicted octanol–water partition coefficient (Wildman–Crippen LogP) is 3.11. The minimum absolute atomic E-state index is 0.118. The Bertz CT molecular complexity index is 879. The van der Waals surface area contributed by atoms with Gasteiger partial charge in [-0.3, -0.25) is 9.55 Å². The third-order valence-electron chi connectivity index (χ3n) is 3.49. The van der Waals surface area contributed by atoms with Crippen LogP contribution in [-0.4, -0.2) is 14.5 Å². The van der Waals surface area contributed by atoms with Gasteiger partial charge < -0.3 is 4.98 Å². The van der Waals surface area contributed by atoms with Crippen LogP contribution in [-0.2, 0) is 0 Å². The molecular formula is C13H9BrFN3O. The van der Waals surface area contributed by atoms with Crippen molar-refractivity contribution in [3.63, 3.8) is 0 Å². The first-order valence-electron chi connectivity index (χ1n) is 6.03. The predicted molar refractivity (Wildman–Crippen MR) is 73.8 cm³/mol. The van der Waals surface area contributed by atoms with Gasteiger partial charge in [-0.05, 0) is 34.8 Å². The quantitative estimate of drug-likeness (QED) is 0.748. The summed E-state index contributed by atoms with van der Waals surface area (Å²) < 4.78 is 15.7. The lowest BCUT2D eigenvalue weighted by Crippen LogP contribution is -2.15. The number of hydrogen-bond donors (Lipinski definition) is 1. The number of benzene rings is 1. The SMILES string of the molecule is O=c1[nH]c2cnc3cc(F)c(Br)cc3c2n1C1CC1. The highest BCUT2D eigenvalue weighted by Gasteiger charge is 2.28. The van der Waals surface area contributed by atoms with Crippen molar-refractivity contribution in [2.24, 2.45) is 0 Å². The first-order valence-corrected chi connectivity index (χ1v) is 6.82. The van der Waals surface area contributed by atoms with Gasteiger partial charge in [0.15, 0.2) is 0 Å². The summed E-state index contributed by atoms with van der Waals surface area (Å²) in [6.45, 7) is 0. The van der Waals surface area contributed by atoms with Crippen molar-refractivity contribution in [1.29, 1.82) is 0 Å². The molecule has 4 rings (SSSR count). The molecule has 6 heteroatoms. The second-order valence-electron chi connectivity index (χ2n) is 4.84. The molecule has 0 aliphatic heterocycles. The van der Waals surface area contributed by atoms with E-state index in [2.05, 4.69) is 25.9 Å². The zero-order chi connectivity index (χ0) is 13.1. The van der Waals surface area contributed by atoms with Crippen LogP contribution < -0.4 is 5.69 Å². The molecule has 0 saturated heterocycles. The number of fused-ring (bicyclic) bond motifs is 3. The van der Waals surface area contributed by atoms with Crippen molar-refractivity contribution >= 4 is 37.9 Å². The Morgan fingerprint density at radius 3 is 2.95 bits per heavy atom. The van der Waals surface area contributed by atoms with E-state index < -0.39 is 0 Å². The van der Waals surface area contributed by atoms with E-state index in [4.69, 9.17) is 0 Å². The van der Waals surface area contributed by atoms with Crippen molar-refractivity contribution in [2.45, 2.75) is 18.9 Å². The van der Waals surface area contributed by atoms with Crippen molar-refractivity contribution in [1.82, 2.24) is 14.5 Å². The number of nitrogens with one attached hydrogen (secondary N) is 1. The van der Waals surface area contributed by atoms with E-state index >= 15 is 0 Å². The molecule has 0 radical (unpaired) electrons. The fraction of sp³-hybridized carbons (Fsp3) is 0.231. The normalized spacial score (nSPS) is 15.5. The smallest absolute Gasteiger partial charge is 0.304 e. The Kier molecular flexibility index (Phi) is 2.15. The Morgan fingerprint density at radius 2 is 2.21 bits per heavy atom. The maximum absolute atomic E-state index is 13.6. The second kappa shape index (κ2) is 3.66. The van der Waals surface area contributed by atoms with Crippen LogP contribution >= 0.6 is 15.9 Å². The van der Waals surface area contributed by atoms with Crippen LogP contribution in [0.25, 0.3) is 21.9 Å². The molecule has 1 N–H and O–H groups in total. The molecule has 3 aromatic rings. The lowest BCUT2D eigenvalue weighted by Gasteiger charge is -2.05. The number of nitrogens with zero attached hydrogens (tertiary/aromatic N) is 2. The third-order valence-corrected chi connectivity index (χ3v) is 4.10. The largest absolute Gasteiger partial charge is 0.326 e. The molecule has 19 heavy (non-hydrogen) atoms. The van der Waals surface area contributed by atoms with Gasteiger partial charge in [0.25, 0.3) is 0 Å². The van der Waals surface area contributed by atoms with E-state index in [1.165, 1.54) is 6.07 Å². The summed E-state index contributed by atoms with van der Waals surface area (Å²) in [4.78, 5) is 19.0. The number of rotatable bonds is 1. The molecule has 96 valence electrons. The molecule has 4 nitrogen and oxygen atoms in total. The van der Waals surface area contributed by atoms with E-state index in [1.54, 1.807) is 16.8 Å². The molecule has 0 bridgehead atoms. The number of pyridine rings is 1. The van der Waals surface area contributed by atoms with Crippen molar-refractivity contribution in [3.05, 3.63) is 39.1 Å². The Labute approximate surface area is 115 Å². The van der Waals surface area contributed by atoms with Gasteiger partial charge in [0.2, 0.25) is 0 Å². The molecule has 1 aliphatic carbocycles. The zero-order valence-corrected chi connectivity index (χ0v) is 11.4. The van der Waals surface area contributed by atoms with Crippen molar-refractivity contribution in [2.75, 3.05) is 0 Å². The number of aromatic nitrogens is 3. The molecule has 0 unspecified atom stereocenters. The Balaban J connectivity index is 2.23. The summed E-state index contributed by atoms with van der Waals surface area (Å²) in [7, 11) is 0. The summed E-state index contributed by atoms with van der Waals surface area (Å²) in [5, 5.41) is 0.788. The van der Waals surface area contributed by atoms with E-state index in [0.717, 1.165) is 23.7 Å². The van der Waals surface area contributed by atoms with Crippen molar-refractivity contribution < 1.29 is 4.39 Å². The molecule has 1 fully saturated rings. The van der Waals surface area contributed by atoms with E-state index in [9.17, 15) is 9.18 Å². The number of H-pyrrole nitrogens is 1. The maximum atomic E-state index is 13.6. The van der Waals surface area contributed by atoms with Gasteiger partial charge in [-0.2, -0.15) is 0 Å². The van der Waals surface area contributed by atoms with E-state index in [-0.39, 0.29) is 17.5 Å². The molecule has 0 amide bonds. The van der Waals surface area contributed by atoms with Crippen LogP contribution in [0.2, 0.25) is 0 Å². The molecule has 1 aliphatic rings. The third kappa shape index (κ3) is 1.56. The Morgan fingerprint density at radius 1 is 1.42 bits per heavy atom. The van der Waals surface area contributed by atoms with Crippen LogP contribution in [0.15, 0.2) is 27.6 Å². The van der Waals surface area contributed by atoms with Crippen LogP contribution in [0.4, 0.5) is 4.39 Å². The first kappa shape index (κ1) is 11.2. The Hall–Kier alpha value is -1.69. The summed E-state index contributed by atoms with van der Waals surface area (Å²) >= 11 is 3.19. The highest BCUT2D eigenvalue weighted by molar-refractivity contribution is 9.10. The van der Waals surface area contributed by atoms with E-state index in [0.29, 0.717) is 15.5 Å². The number of hydrogen-bond acceptors (Lipinski definition) is 2. The summed E-state index contributed by atoms with van der Waals surface area (Å²) in [6.07, 6.45) is 3.61. The molecule has 1 saturated carbocycles. The van der Waals surface area contributed by atoms with Crippen LogP contribution in [0.1, 0.15) is 18.9 Å². The van der Waals surface area contributed by atoms with Gasteiger partial charge in [-0.15, -0.1) is 0 Å². The van der Waals surface area contributed by atoms with Crippen molar-refractivity contribution in [3.8, 4) is 0 Å². The fourth-order valence-electron chi connectivity index (χ4n) is 2.48. The summed E-state index contributed by atoms with van der Waals surface area (Å²) in [6, 6.07) is 3.33. The monoisotopic (exact) mass is 321 g/mol. The molecule has 0 spiro atoms. The summed E-state index contributed by atoms with van der Waals surface area (Å²) in [5.41, 5.74) is 1.95.